The molecule has 1 aliphatic heterocycles. The minimum absolute atomic E-state index is 0.365. The molecule has 20 heavy (non-hydrogen) atoms. The van der Waals surface area contributed by atoms with E-state index in [1.807, 2.05) is 6.20 Å². The Morgan fingerprint density at radius 2 is 2.40 bits per heavy atom. The Balaban J connectivity index is 1.61. The third-order valence-corrected chi connectivity index (χ3v) is 5.26. The maximum absolute atomic E-state index is 4.53. The Morgan fingerprint density at radius 1 is 1.50 bits per heavy atom. The van der Waals surface area contributed by atoms with Crippen molar-refractivity contribution >= 4 is 21.6 Å². The molecule has 3 heterocycles. The molecular formula is C16H23N3S. The van der Waals surface area contributed by atoms with Gasteiger partial charge in [-0.1, -0.05) is 6.42 Å². The van der Waals surface area contributed by atoms with Gasteiger partial charge in [-0.15, -0.1) is 11.3 Å². The van der Waals surface area contributed by atoms with Gasteiger partial charge >= 0.3 is 0 Å². The predicted molar refractivity (Wildman–Crippen MR) is 86.3 cm³/mol. The number of pyridine rings is 1. The molecule has 3 nitrogen and oxygen atoms in total. The first-order valence-corrected chi connectivity index (χ1v) is 8.39. The summed E-state index contributed by atoms with van der Waals surface area (Å²) in [6.45, 7) is 4.54. The number of thiophene rings is 1. The number of aromatic nitrogens is 1. The van der Waals surface area contributed by atoms with Crippen LogP contribution in [0.1, 0.15) is 37.8 Å². The van der Waals surface area contributed by atoms with Crippen LogP contribution < -0.4 is 5.32 Å². The van der Waals surface area contributed by atoms with E-state index in [1.54, 1.807) is 11.3 Å². The Morgan fingerprint density at radius 3 is 3.25 bits per heavy atom. The minimum atomic E-state index is 0.365. The molecule has 2 unspecified atom stereocenters. The van der Waals surface area contributed by atoms with Crippen LogP contribution in [0, 0.1) is 0 Å². The maximum Gasteiger partial charge on any atom is 0.0809 e. The van der Waals surface area contributed by atoms with E-state index < -0.39 is 0 Å². The monoisotopic (exact) mass is 289 g/mol. The Hall–Kier alpha value is -0.970. The fraction of sp³-hybridized carbons (Fsp3) is 0.562. The van der Waals surface area contributed by atoms with E-state index in [0.29, 0.717) is 12.1 Å². The summed E-state index contributed by atoms with van der Waals surface area (Å²) in [5.74, 6) is 0. The molecule has 0 saturated carbocycles. The van der Waals surface area contributed by atoms with Crippen molar-refractivity contribution in [2.45, 2.75) is 38.3 Å². The Labute approximate surface area is 125 Å². The number of likely N-dealkylation sites (N-methyl/N-ethyl adjacent to an activating group) is 1. The Kier molecular flexibility index (Phi) is 4.34. The van der Waals surface area contributed by atoms with Crippen molar-refractivity contribution in [3.05, 3.63) is 29.3 Å². The van der Waals surface area contributed by atoms with Gasteiger partial charge in [0.05, 0.1) is 10.2 Å². The summed E-state index contributed by atoms with van der Waals surface area (Å²) in [5, 5.41) is 5.79. The number of rotatable bonds is 4. The molecule has 0 aromatic carbocycles. The van der Waals surface area contributed by atoms with Gasteiger partial charge < -0.3 is 10.2 Å². The van der Waals surface area contributed by atoms with Crippen molar-refractivity contribution in [1.82, 2.24) is 15.2 Å². The lowest BCUT2D eigenvalue weighted by atomic mass is 10.0. The average molecular weight is 289 g/mol. The van der Waals surface area contributed by atoms with Crippen LogP contribution in [-0.4, -0.2) is 36.1 Å². The lowest BCUT2D eigenvalue weighted by molar-refractivity contribution is 0.178. The highest BCUT2D eigenvalue weighted by Crippen LogP contribution is 2.23. The molecule has 3 rings (SSSR count). The van der Waals surface area contributed by atoms with Crippen LogP contribution in [-0.2, 0) is 0 Å². The van der Waals surface area contributed by atoms with Crippen molar-refractivity contribution in [2.24, 2.45) is 0 Å². The van der Waals surface area contributed by atoms with E-state index in [9.17, 15) is 0 Å². The second-order valence-corrected chi connectivity index (χ2v) is 6.78. The molecule has 2 atom stereocenters. The lowest BCUT2D eigenvalue weighted by Crippen LogP contribution is -2.43. The molecule has 0 amide bonds. The normalized spacial score (nSPS) is 22.2. The quantitative estimate of drug-likeness (QED) is 0.934. The molecular weight excluding hydrogens is 266 g/mol. The fourth-order valence-electron chi connectivity index (χ4n) is 2.93. The third-order valence-electron chi connectivity index (χ3n) is 4.41. The zero-order chi connectivity index (χ0) is 13.9. The standard InChI is InChI=1S/C16H23N3S/c1-12(17-11-14-5-3-4-7-19(14)2)13-9-16-15(18-10-13)6-8-20-16/h6,8-10,12,14,17H,3-5,7,11H2,1-2H3. The summed E-state index contributed by atoms with van der Waals surface area (Å²) in [6, 6.07) is 5.41. The molecule has 0 bridgehead atoms. The van der Waals surface area contributed by atoms with Crippen molar-refractivity contribution < 1.29 is 0 Å². The van der Waals surface area contributed by atoms with E-state index in [1.165, 1.54) is 36.1 Å². The predicted octanol–water partition coefficient (Wildman–Crippen LogP) is 3.43. The molecule has 0 spiro atoms. The summed E-state index contributed by atoms with van der Waals surface area (Å²) < 4.78 is 1.28. The maximum atomic E-state index is 4.53. The number of hydrogen-bond acceptors (Lipinski definition) is 4. The van der Waals surface area contributed by atoms with Crippen LogP contribution >= 0.6 is 11.3 Å². The van der Waals surface area contributed by atoms with Crippen LogP contribution in [0.3, 0.4) is 0 Å². The number of nitrogens with one attached hydrogen (secondary N) is 1. The van der Waals surface area contributed by atoms with Crippen molar-refractivity contribution in [3.63, 3.8) is 0 Å². The van der Waals surface area contributed by atoms with Crippen molar-refractivity contribution in [1.29, 1.82) is 0 Å². The zero-order valence-corrected chi connectivity index (χ0v) is 13.1. The van der Waals surface area contributed by atoms with Crippen LogP contribution in [0.4, 0.5) is 0 Å². The first-order valence-electron chi connectivity index (χ1n) is 7.51. The van der Waals surface area contributed by atoms with Crippen LogP contribution in [0.5, 0.6) is 0 Å². The molecule has 0 aliphatic carbocycles. The SMILES string of the molecule is CC(NCC1CCCCN1C)c1cnc2ccsc2c1. The van der Waals surface area contributed by atoms with Gasteiger partial charge in [0.2, 0.25) is 0 Å². The number of likely N-dealkylation sites (tertiary alicyclic amines) is 1. The molecule has 2 aromatic heterocycles. The van der Waals surface area contributed by atoms with E-state index in [4.69, 9.17) is 0 Å². The highest BCUT2D eigenvalue weighted by atomic mass is 32.1. The number of fused-ring (bicyclic) bond motifs is 1. The van der Waals surface area contributed by atoms with Gasteiger partial charge in [0.1, 0.15) is 0 Å². The lowest BCUT2D eigenvalue weighted by Gasteiger charge is -2.33. The van der Waals surface area contributed by atoms with E-state index >= 15 is 0 Å². The van der Waals surface area contributed by atoms with Gasteiger partial charge in [-0.25, -0.2) is 0 Å². The summed E-state index contributed by atoms with van der Waals surface area (Å²) in [7, 11) is 2.25. The second-order valence-electron chi connectivity index (χ2n) is 5.83. The van der Waals surface area contributed by atoms with E-state index in [2.05, 4.69) is 46.7 Å². The minimum Gasteiger partial charge on any atom is -0.309 e. The summed E-state index contributed by atoms with van der Waals surface area (Å²) in [6.07, 6.45) is 6.05. The summed E-state index contributed by atoms with van der Waals surface area (Å²) >= 11 is 1.77. The largest absolute Gasteiger partial charge is 0.309 e. The van der Waals surface area contributed by atoms with E-state index in [0.717, 1.165) is 12.1 Å². The second kappa shape index (κ2) is 6.20. The molecule has 1 fully saturated rings. The first kappa shape index (κ1) is 14.0. The summed E-state index contributed by atoms with van der Waals surface area (Å²) in [5.41, 5.74) is 2.40. The van der Waals surface area contributed by atoms with Crippen molar-refractivity contribution in [2.75, 3.05) is 20.1 Å². The van der Waals surface area contributed by atoms with Crippen molar-refractivity contribution in [3.8, 4) is 0 Å². The smallest absolute Gasteiger partial charge is 0.0809 e. The fourth-order valence-corrected chi connectivity index (χ4v) is 3.72. The zero-order valence-electron chi connectivity index (χ0n) is 12.3. The van der Waals surface area contributed by atoms with E-state index in [-0.39, 0.29) is 0 Å². The topological polar surface area (TPSA) is 28.2 Å². The molecule has 1 aliphatic rings. The van der Waals surface area contributed by atoms with Gasteiger partial charge in [-0.3, -0.25) is 4.98 Å². The van der Waals surface area contributed by atoms with Crippen LogP contribution in [0.2, 0.25) is 0 Å². The molecule has 2 aromatic rings. The Bertz CT molecular complexity index is 566. The average Bonchev–Trinajstić information content (AvgIpc) is 2.93. The van der Waals surface area contributed by atoms with Crippen LogP contribution in [0.25, 0.3) is 10.2 Å². The number of piperidine rings is 1. The number of nitrogens with zero attached hydrogens (tertiary/aromatic N) is 2. The number of hydrogen-bond donors (Lipinski definition) is 1. The van der Waals surface area contributed by atoms with Gasteiger partial charge in [0, 0.05) is 24.8 Å². The van der Waals surface area contributed by atoms with Gasteiger partial charge in [-0.05, 0) is 56.4 Å². The molecule has 1 N–H and O–H groups in total. The molecule has 108 valence electrons. The summed E-state index contributed by atoms with van der Waals surface area (Å²) in [4.78, 5) is 7.02. The highest BCUT2D eigenvalue weighted by molar-refractivity contribution is 7.17. The molecule has 1 saturated heterocycles. The van der Waals surface area contributed by atoms with Gasteiger partial charge in [0.15, 0.2) is 0 Å². The van der Waals surface area contributed by atoms with Gasteiger partial charge in [0.25, 0.3) is 0 Å². The third kappa shape index (κ3) is 3.03. The highest BCUT2D eigenvalue weighted by Gasteiger charge is 2.19. The molecule has 0 radical (unpaired) electrons. The van der Waals surface area contributed by atoms with Gasteiger partial charge in [-0.2, -0.15) is 0 Å². The first-order chi connectivity index (χ1) is 9.74. The van der Waals surface area contributed by atoms with Crippen LogP contribution in [0.15, 0.2) is 23.7 Å². The molecule has 4 heteroatoms.